The maximum absolute atomic E-state index is 12.8. The van der Waals surface area contributed by atoms with Crippen LogP contribution in [-0.4, -0.2) is 9.55 Å². The monoisotopic (exact) mass is 288 g/mol. The van der Waals surface area contributed by atoms with Crippen LogP contribution in [-0.2, 0) is 0 Å². The molecule has 0 saturated heterocycles. The Labute approximate surface area is 126 Å². The number of rotatable bonds is 2. The molecule has 4 rings (SSSR count). The van der Waals surface area contributed by atoms with Gasteiger partial charge in [-0.05, 0) is 18.2 Å². The van der Waals surface area contributed by atoms with Crippen molar-refractivity contribution in [2.75, 3.05) is 0 Å². The highest BCUT2D eigenvalue weighted by molar-refractivity contribution is 5.75. The summed E-state index contributed by atoms with van der Waals surface area (Å²) >= 11 is 0. The minimum atomic E-state index is -0.135. The van der Waals surface area contributed by atoms with Gasteiger partial charge in [0.15, 0.2) is 5.82 Å². The molecular weight excluding hydrogens is 276 g/mol. The van der Waals surface area contributed by atoms with Crippen molar-refractivity contribution in [3.63, 3.8) is 0 Å². The van der Waals surface area contributed by atoms with Gasteiger partial charge in [0, 0.05) is 5.56 Å². The van der Waals surface area contributed by atoms with E-state index in [-0.39, 0.29) is 5.56 Å². The van der Waals surface area contributed by atoms with Crippen LogP contribution in [0.2, 0.25) is 0 Å². The van der Waals surface area contributed by atoms with Gasteiger partial charge in [0.1, 0.15) is 5.39 Å². The van der Waals surface area contributed by atoms with Crippen molar-refractivity contribution in [2.45, 2.75) is 0 Å². The Bertz CT molecular complexity index is 986. The molecule has 4 heteroatoms. The van der Waals surface area contributed by atoms with Crippen molar-refractivity contribution in [1.82, 2.24) is 9.55 Å². The van der Waals surface area contributed by atoms with E-state index in [0.29, 0.717) is 16.9 Å². The number of furan rings is 1. The minimum absolute atomic E-state index is 0.135. The average molecular weight is 288 g/mol. The van der Waals surface area contributed by atoms with Crippen LogP contribution in [0.4, 0.5) is 0 Å². The summed E-state index contributed by atoms with van der Waals surface area (Å²) in [6.45, 7) is 0. The molecule has 2 aromatic heterocycles. The third-order valence-electron chi connectivity index (χ3n) is 3.54. The lowest BCUT2D eigenvalue weighted by Gasteiger charge is -2.12. The third kappa shape index (κ3) is 1.93. The van der Waals surface area contributed by atoms with Crippen molar-refractivity contribution in [3.05, 3.63) is 83.3 Å². The number of benzene rings is 2. The molecule has 22 heavy (non-hydrogen) atoms. The second kappa shape index (κ2) is 5.00. The second-order valence-corrected chi connectivity index (χ2v) is 4.92. The molecule has 2 aromatic carbocycles. The van der Waals surface area contributed by atoms with E-state index in [9.17, 15) is 4.79 Å². The Morgan fingerprint density at radius 3 is 2.27 bits per heavy atom. The zero-order valence-electron chi connectivity index (χ0n) is 11.6. The molecule has 0 N–H and O–H groups in total. The molecule has 106 valence electrons. The molecule has 2 heterocycles. The molecule has 0 radical (unpaired) electrons. The van der Waals surface area contributed by atoms with Gasteiger partial charge in [0.05, 0.1) is 12.0 Å². The Hall–Kier alpha value is -3.14. The van der Waals surface area contributed by atoms with Gasteiger partial charge in [-0.3, -0.25) is 9.36 Å². The highest BCUT2D eigenvalue weighted by Crippen LogP contribution is 2.22. The molecule has 0 spiro atoms. The number of aromatic nitrogens is 2. The van der Waals surface area contributed by atoms with E-state index in [0.717, 1.165) is 11.3 Å². The Morgan fingerprint density at radius 2 is 1.55 bits per heavy atom. The number of nitrogens with zero attached hydrogens (tertiary/aromatic N) is 2. The van der Waals surface area contributed by atoms with Crippen LogP contribution in [0.5, 0.6) is 0 Å². The predicted octanol–water partition coefficient (Wildman–Crippen LogP) is 3.65. The molecule has 0 atom stereocenters. The quantitative estimate of drug-likeness (QED) is 0.565. The lowest BCUT2D eigenvalue weighted by Crippen LogP contribution is -2.21. The molecular formula is C18H12N2O2. The van der Waals surface area contributed by atoms with Crippen LogP contribution in [0.25, 0.3) is 28.2 Å². The smallest absolute Gasteiger partial charge is 0.269 e. The van der Waals surface area contributed by atoms with Crippen LogP contribution in [0.15, 0.2) is 82.2 Å². The fourth-order valence-electron chi connectivity index (χ4n) is 2.51. The van der Waals surface area contributed by atoms with Gasteiger partial charge in [0.25, 0.3) is 5.56 Å². The maximum atomic E-state index is 12.8. The molecule has 0 amide bonds. The Morgan fingerprint density at radius 1 is 0.864 bits per heavy atom. The number of hydrogen-bond acceptors (Lipinski definition) is 3. The van der Waals surface area contributed by atoms with E-state index < -0.39 is 0 Å². The molecule has 0 aliphatic heterocycles. The maximum Gasteiger partial charge on any atom is 0.269 e. The van der Waals surface area contributed by atoms with Crippen molar-refractivity contribution < 1.29 is 4.42 Å². The van der Waals surface area contributed by atoms with Gasteiger partial charge >= 0.3 is 0 Å². The van der Waals surface area contributed by atoms with E-state index in [1.54, 1.807) is 10.6 Å². The normalized spacial score (nSPS) is 10.9. The summed E-state index contributed by atoms with van der Waals surface area (Å²) in [4.78, 5) is 17.4. The zero-order valence-corrected chi connectivity index (χ0v) is 11.6. The zero-order chi connectivity index (χ0) is 14.9. The molecule has 0 aliphatic carbocycles. The molecule has 0 saturated carbocycles. The largest absolute Gasteiger partial charge is 0.446 e. The van der Waals surface area contributed by atoms with Gasteiger partial charge in [-0.25, -0.2) is 0 Å². The summed E-state index contributed by atoms with van der Waals surface area (Å²) in [5.41, 5.74) is 1.86. The second-order valence-electron chi connectivity index (χ2n) is 4.92. The van der Waals surface area contributed by atoms with E-state index in [2.05, 4.69) is 4.98 Å². The summed E-state index contributed by atoms with van der Waals surface area (Å²) in [6.07, 6.45) is 1.49. The molecule has 0 aliphatic rings. The third-order valence-corrected chi connectivity index (χ3v) is 3.54. The fourth-order valence-corrected chi connectivity index (χ4v) is 2.51. The van der Waals surface area contributed by atoms with Crippen molar-refractivity contribution in [1.29, 1.82) is 0 Å². The van der Waals surface area contributed by atoms with Crippen LogP contribution < -0.4 is 5.56 Å². The van der Waals surface area contributed by atoms with Crippen LogP contribution in [0, 0.1) is 0 Å². The topological polar surface area (TPSA) is 48.0 Å². The average Bonchev–Trinajstić information content (AvgIpc) is 3.05. The summed E-state index contributed by atoms with van der Waals surface area (Å²) in [7, 11) is 0. The lowest BCUT2D eigenvalue weighted by atomic mass is 10.2. The Balaban J connectivity index is 2.13. The van der Waals surface area contributed by atoms with Gasteiger partial charge in [-0.15, -0.1) is 0 Å². The predicted molar refractivity (Wildman–Crippen MR) is 85.0 cm³/mol. The Kier molecular flexibility index (Phi) is 2.86. The van der Waals surface area contributed by atoms with E-state index >= 15 is 0 Å². The first-order valence-electron chi connectivity index (χ1n) is 6.96. The van der Waals surface area contributed by atoms with E-state index in [1.165, 1.54) is 6.26 Å². The first-order chi connectivity index (χ1) is 10.8. The van der Waals surface area contributed by atoms with Crippen molar-refractivity contribution in [2.24, 2.45) is 0 Å². The van der Waals surface area contributed by atoms with E-state index in [1.807, 2.05) is 60.7 Å². The molecule has 0 bridgehead atoms. The van der Waals surface area contributed by atoms with Crippen LogP contribution in [0.1, 0.15) is 0 Å². The van der Waals surface area contributed by atoms with Gasteiger partial charge < -0.3 is 4.42 Å². The first kappa shape index (κ1) is 12.6. The number of para-hydroxylation sites is 1. The summed E-state index contributed by atoms with van der Waals surface area (Å²) in [5, 5.41) is 0.475. The summed E-state index contributed by atoms with van der Waals surface area (Å²) < 4.78 is 6.95. The fraction of sp³-hybridized carbons (Fsp3) is 0. The summed E-state index contributed by atoms with van der Waals surface area (Å²) in [5.74, 6) is 0.569. The van der Waals surface area contributed by atoms with Gasteiger partial charge in [-0.1, -0.05) is 48.5 Å². The van der Waals surface area contributed by atoms with E-state index in [4.69, 9.17) is 4.42 Å². The minimum Gasteiger partial charge on any atom is -0.446 e. The molecule has 4 aromatic rings. The first-order valence-corrected chi connectivity index (χ1v) is 6.96. The van der Waals surface area contributed by atoms with Crippen LogP contribution >= 0.6 is 0 Å². The number of fused-ring (bicyclic) bond motifs is 1. The summed E-state index contributed by atoms with van der Waals surface area (Å²) in [6, 6.07) is 20.8. The number of hydrogen-bond donors (Lipinski definition) is 0. The highest BCUT2D eigenvalue weighted by atomic mass is 16.3. The standard InChI is InChI=1S/C18H12N2O2/c21-18-15-11-12-22-17(15)19-16(13-7-3-1-4-8-13)20(18)14-9-5-2-6-10-14/h1-12H. The van der Waals surface area contributed by atoms with Crippen molar-refractivity contribution >= 4 is 11.1 Å². The molecule has 0 fully saturated rings. The molecule has 0 unspecified atom stereocenters. The molecule has 4 nitrogen and oxygen atoms in total. The van der Waals surface area contributed by atoms with Gasteiger partial charge in [0.2, 0.25) is 5.71 Å². The van der Waals surface area contributed by atoms with Crippen molar-refractivity contribution in [3.8, 4) is 17.1 Å². The lowest BCUT2D eigenvalue weighted by molar-refractivity contribution is 0.601. The van der Waals surface area contributed by atoms with Gasteiger partial charge in [-0.2, -0.15) is 4.98 Å². The SMILES string of the molecule is O=c1c2ccoc2nc(-c2ccccc2)n1-c1ccccc1. The highest BCUT2D eigenvalue weighted by Gasteiger charge is 2.15. The van der Waals surface area contributed by atoms with Crippen LogP contribution in [0.3, 0.4) is 0 Å².